The van der Waals surface area contributed by atoms with Crippen LogP contribution in [0.2, 0.25) is 5.02 Å². The highest BCUT2D eigenvalue weighted by Gasteiger charge is 2.44. The lowest BCUT2D eigenvalue weighted by molar-refractivity contribution is -0.0511. The zero-order valence-electron chi connectivity index (χ0n) is 14.1. The lowest BCUT2D eigenvalue weighted by atomic mass is 10.1. The summed E-state index contributed by atoms with van der Waals surface area (Å²) >= 11 is 6.18. The Morgan fingerprint density at radius 3 is 2.70 bits per heavy atom. The monoisotopic (exact) mass is 391 g/mol. The zero-order valence-corrected chi connectivity index (χ0v) is 14.9. The summed E-state index contributed by atoms with van der Waals surface area (Å²) in [5, 5.41) is 33.3. The van der Waals surface area contributed by atoms with Gasteiger partial charge in [-0.2, -0.15) is 0 Å². The third kappa shape index (κ3) is 3.24. The molecule has 0 aliphatic carbocycles. The summed E-state index contributed by atoms with van der Waals surface area (Å²) in [4.78, 5) is 12.8. The molecule has 0 radical (unpaired) electrons. The maximum Gasteiger partial charge on any atom is 0.167 e. The van der Waals surface area contributed by atoms with Crippen LogP contribution in [0.1, 0.15) is 11.8 Å². The Kier molecular flexibility index (Phi) is 4.94. The molecule has 1 saturated heterocycles. The number of aromatic nitrogens is 4. The highest BCUT2D eigenvalue weighted by molar-refractivity contribution is 6.31. The molecule has 1 aliphatic rings. The number of nitrogens with zero attached hydrogens (tertiary/aromatic N) is 4. The molecule has 3 heterocycles. The van der Waals surface area contributed by atoms with Gasteiger partial charge in [-0.25, -0.2) is 15.0 Å². The van der Waals surface area contributed by atoms with Crippen molar-refractivity contribution < 1.29 is 20.1 Å². The summed E-state index contributed by atoms with van der Waals surface area (Å²) in [5.41, 5.74) is 1.83. The van der Waals surface area contributed by atoms with E-state index in [2.05, 4.69) is 20.3 Å². The number of imidazole rings is 1. The smallest absolute Gasteiger partial charge is 0.167 e. The Morgan fingerprint density at radius 2 is 1.96 bits per heavy atom. The van der Waals surface area contributed by atoms with Crippen molar-refractivity contribution >= 4 is 28.6 Å². The molecular formula is C17H18ClN5O4. The number of anilines is 1. The highest BCUT2D eigenvalue weighted by Crippen LogP contribution is 2.32. The van der Waals surface area contributed by atoms with Crippen molar-refractivity contribution in [2.24, 2.45) is 0 Å². The first-order valence-electron chi connectivity index (χ1n) is 8.37. The Balaban J connectivity index is 1.61. The predicted molar refractivity (Wildman–Crippen MR) is 97.1 cm³/mol. The number of benzene rings is 1. The largest absolute Gasteiger partial charge is 0.394 e. The molecule has 0 amide bonds. The molecule has 0 bridgehead atoms. The Morgan fingerprint density at radius 1 is 1.15 bits per heavy atom. The number of nitrogens with one attached hydrogen (secondary N) is 1. The first-order valence-corrected chi connectivity index (χ1v) is 8.75. The molecule has 2 aromatic heterocycles. The van der Waals surface area contributed by atoms with E-state index in [4.69, 9.17) is 16.3 Å². The van der Waals surface area contributed by atoms with E-state index in [-0.39, 0.29) is 0 Å². The number of fused-ring (bicyclic) bond motifs is 1. The van der Waals surface area contributed by atoms with Crippen LogP contribution in [0.25, 0.3) is 11.2 Å². The van der Waals surface area contributed by atoms with Crippen molar-refractivity contribution in [3.8, 4) is 0 Å². The van der Waals surface area contributed by atoms with Gasteiger partial charge in [0.25, 0.3) is 0 Å². The SMILES string of the molecule is OC[C@@H]1O[C@H](n2cnc3c(NCc4ccccc4Cl)ncnc32)[C@H](O)[C@H]1O. The van der Waals surface area contributed by atoms with Crippen LogP contribution in [0.15, 0.2) is 36.9 Å². The minimum absolute atomic E-state index is 0.402. The Hall–Kier alpha value is -2.30. The summed E-state index contributed by atoms with van der Waals surface area (Å²) in [6.45, 7) is 0.0491. The number of hydrogen-bond donors (Lipinski definition) is 4. The molecular weight excluding hydrogens is 374 g/mol. The second kappa shape index (κ2) is 7.37. The van der Waals surface area contributed by atoms with Gasteiger partial charge in [-0.05, 0) is 11.6 Å². The van der Waals surface area contributed by atoms with Gasteiger partial charge in [0.2, 0.25) is 0 Å². The average Bonchev–Trinajstić information content (AvgIpc) is 3.23. The molecule has 27 heavy (non-hydrogen) atoms. The number of ether oxygens (including phenoxy) is 1. The van der Waals surface area contributed by atoms with Crippen molar-refractivity contribution in [2.75, 3.05) is 11.9 Å². The van der Waals surface area contributed by atoms with Crippen molar-refractivity contribution in [2.45, 2.75) is 31.1 Å². The van der Waals surface area contributed by atoms with E-state index in [0.29, 0.717) is 28.5 Å². The first-order chi connectivity index (χ1) is 13.1. The van der Waals surface area contributed by atoms with Crippen LogP contribution < -0.4 is 5.32 Å². The maximum absolute atomic E-state index is 10.2. The Bertz CT molecular complexity index is 952. The van der Waals surface area contributed by atoms with E-state index in [0.717, 1.165) is 5.56 Å². The number of aliphatic hydroxyl groups excluding tert-OH is 3. The summed E-state index contributed by atoms with van der Waals surface area (Å²) in [5.74, 6) is 0.505. The molecule has 3 aromatic rings. The minimum Gasteiger partial charge on any atom is -0.394 e. The maximum atomic E-state index is 10.2. The quantitative estimate of drug-likeness (QED) is 0.501. The van der Waals surface area contributed by atoms with E-state index in [9.17, 15) is 15.3 Å². The van der Waals surface area contributed by atoms with Crippen molar-refractivity contribution in [1.82, 2.24) is 19.5 Å². The zero-order chi connectivity index (χ0) is 19.0. The fourth-order valence-electron chi connectivity index (χ4n) is 3.10. The summed E-state index contributed by atoms with van der Waals surface area (Å²) < 4.78 is 7.06. The molecule has 0 spiro atoms. The summed E-state index contributed by atoms with van der Waals surface area (Å²) in [6.07, 6.45) is -1.36. The van der Waals surface area contributed by atoms with Gasteiger partial charge in [-0.15, -0.1) is 0 Å². The number of rotatable bonds is 5. The van der Waals surface area contributed by atoms with Crippen LogP contribution in [0, 0.1) is 0 Å². The minimum atomic E-state index is -1.21. The molecule has 1 fully saturated rings. The van der Waals surface area contributed by atoms with Gasteiger partial charge < -0.3 is 25.4 Å². The van der Waals surface area contributed by atoms with Crippen molar-refractivity contribution in [1.29, 1.82) is 0 Å². The molecule has 4 rings (SSSR count). The van der Waals surface area contributed by atoms with E-state index < -0.39 is 31.1 Å². The summed E-state index contributed by atoms with van der Waals surface area (Å²) in [6, 6.07) is 7.47. The van der Waals surface area contributed by atoms with Gasteiger partial charge in [-0.1, -0.05) is 29.8 Å². The first kappa shape index (κ1) is 18.1. The molecule has 10 heteroatoms. The van der Waals surface area contributed by atoms with E-state index >= 15 is 0 Å². The van der Waals surface area contributed by atoms with Crippen LogP contribution in [0.3, 0.4) is 0 Å². The fourth-order valence-corrected chi connectivity index (χ4v) is 3.30. The average molecular weight is 392 g/mol. The predicted octanol–water partition coefficient (Wildman–Crippen LogP) is 0.703. The number of hydrogen-bond acceptors (Lipinski definition) is 8. The molecule has 9 nitrogen and oxygen atoms in total. The van der Waals surface area contributed by atoms with Gasteiger partial charge >= 0.3 is 0 Å². The number of aliphatic hydroxyl groups is 3. The molecule has 0 unspecified atom stereocenters. The van der Waals surface area contributed by atoms with Crippen LogP contribution in [0.4, 0.5) is 5.82 Å². The Labute approximate surface area is 159 Å². The molecule has 0 saturated carbocycles. The van der Waals surface area contributed by atoms with Gasteiger partial charge in [0.1, 0.15) is 24.6 Å². The van der Waals surface area contributed by atoms with Crippen LogP contribution in [-0.4, -0.2) is 59.8 Å². The molecule has 142 valence electrons. The van der Waals surface area contributed by atoms with Gasteiger partial charge in [0.05, 0.1) is 12.9 Å². The highest BCUT2D eigenvalue weighted by atomic mass is 35.5. The van der Waals surface area contributed by atoms with E-state index in [1.54, 1.807) is 0 Å². The van der Waals surface area contributed by atoms with E-state index in [1.807, 2.05) is 24.3 Å². The van der Waals surface area contributed by atoms with Gasteiger partial charge in [-0.3, -0.25) is 4.57 Å². The molecule has 4 N–H and O–H groups in total. The fraction of sp³-hybridized carbons (Fsp3) is 0.353. The van der Waals surface area contributed by atoms with Gasteiger partial charge in [0.15, 0.2) is 23.2 Å². The van der Waals surface area contributed by atoms with Gasteiger partial charge in [0, 0.05) is 11.6 Å². The molecule has 1 aromatic carbocycles. The van der Waals surface area contributed by atoms with Crippen LogP contribution in [0.5, 0.6) is 0 Å². The normalized spacial score (nSPS) is 25.2. The lowest BCUT2D eigenvalue weighted by Gasteiger charge is -2.16. The molecule has 4 atom stereocenters. The third-order valence-corrected chi connectivity index (χ3v) is 4.92. The second-order valence-corrected chi connectivity index (χ2v) is 6.63. The second-order valence-electron chi connectivity index (χ2n) is 6.22. The lowest BCUT2D eigenvalue weighted by Crippen LogP contribution is -2.33. The van der Waals surface area contributed by atoms with Crippen LogP contribution in [-0.2, 0) is 11.3 Å². The summed E-state index contributed by atoms with van der Waals surface area (Å²) in [7, 11) is 0. The molecule has 1 aliphatic heterocycles. The van der Waals surface area contributed by atoms with Crippen molar-refractivity contribution in [3.63, 3.8) is 0 Å². The topological polar surface area (TPSA) is 126 Å². The van der Waals surface area contributed by atoms with Crippen molar-refractivity contribution in [3.05, 3.63) is 47.5 Å². The third-order valence-electron chi connectivity index (χ3n) is 4.55. The van der Waals surface area contributed by atoms with Crippen LogP contribution >= 0.6 is 11.6 Å². The van der Waals surface area contributed by atoms with E-state index in [1.165, 1.54) is 17.2 Å². The standard InChI is InChI=1S/C17H18ClN5O4/c18-10-4-2-1-3-9(10)5-19-15-12-16(21-7-20-15)23(8-22-12)17-14(26)13(25)11(6-24)27-17/h1-4,7-8,11,13-14,17,24-26H,5-6H2,(H,19,20,21)/t11-,13-,14+,17-/m0/s1. The number of halogens is 1.